The van der Waals surface area contributed by atoms with Crippen LogP contribution in [0.5, 0.6) is 0 Å². The van der Waals surface area contributed by atoms with Gasteiger partial charge in [0, 0.05) is 5.03 Å². The summed E-state index contributed by atoms with van der Waals surface area (Å²) >= 11 is 12.5. The molecule has 1 aromatic heterocycles. The van der Waals surface area contributed by atoms with Crippen LogP contribution in [0.1, 0.15) is 19.0 Å². The summed E-state index contributed by atoms with van der Waals surface area (Å²) in [6, 6.07) is 0. The summed E-state index contributed by atoms with van der Waals surface area (Å²) in [4.78, 5) is 17.0. The molecule has 22 heavy (non-hydrogen) atoms. The zero-order chi connectivity index (χ0) is 16.7. The summed E-state index contributed by atoms with van der Waals surface area (Å²) in [6.45, 7) is 1.77. The first-order chi connectivity index (χ1) is 10.1. The van der Waals surface area contributed by atoms with E-state index in [1.807, 2.05) is 0 Å². The van der Waals surface area contributed by atoms with Crippen LogP contribution in [0.4, 0.5) is 19.1 Å². The van der Waals surface area contributed by atoms with Crippen molar-refractivity contribution in [2.75, 3.05) is 5.73 Å². The van der Waals surface area contributed by atoms with Gasteiger partial charge in [-0.2, -0.15) is 13.2 Å². The Labute approximate surface area is 137 Å². The highest BCUT2D eigenvalue weighted by Crippen LogP contribution is 2.43. The lowest BCUT2D eigenvalue weighted by molar-refractivity contribution is -0.143. The Morgan fingerprint density at radius 2 is 2.09 bits per heavy atom. The molecule has 120 valence electrons. The normalized spacial score (nSPS) is 19.4. The van der Waals surface area contributed by atoms with Gasteiger partial charge in [-0.05, 0) is 23.3 Å². The molecule has 0 aromatic carbocycles. The molecule has 10 heteroatoms. The van der Waals surface area contributed by atoms with Gasteiger partial charge in [-0.1, -0.05) is 41.9 Å². The van der Waals surface area contributed by atoms with E-state index >= 15 is 0 Å². The van der Waals surface area contributed by atoms with Gasteiger partial charge in [0.25, 0.3) is 5.56 Å². The topological polar surface area (TPSA) is 71.8 Å². The molecule has 0 bridgehead atoms. The number of nitrogens with zero attached hydrogens (tertiary/aromatic N) is 1. The number of H-pyrrole nitrogens is 1. The molecule has 0 radical (unpaired) electrons. The minimum atomic E-state index is -4.79. The standard InChI is InChI=1S/C12H10Cl2F3N3OS/c1-4-2-5(13)6(14)3-7(4)22-8-9(12(15,16)17)19-11(18)20-10(8)21/h3-4H,2H2,1H3,(H3,18,19,20,21). The molecule has 0 amide bonds. The van der Waals surface area contributed by atoms with Gasteiger partial charge in [-0.15, -0.1) is 0 Å². The minimum Gasteiger partial charge on any atom is -0.369 e. The number of hydrogen-bond donors (Lipinski definition) is 2. The number of nitrogens with two attached hydrogens (primary N) is 1. The van der Waals surface area contributed by atoms with Gasteiger partial charge in [0.05, 0.1) is 5.03 Å². The van der Waals surface area contributed by atoms with Crippen molar-refractivity contribution in [1.82, 2.24) is 9.97 Å². The lowest BCUT2D eigenvalue weighted by Crippen LogP contribution is -2.22. The fourth-order valence-corrected chi connectivity index (χ4v) is 3.47. The van der Waals surface area contributed by atoms with Gasteiger partial charge in [-0.3, -0.25) is 9.78 Å². The molecule has 1 aromatic rings. The van der Waals surface area contributed by atoms with Gasteiger partial charge >= 0.3 is 6.18 Å². The van der Waals surface area contributed by atoms with Crippen LogP contribution in [-0.4, -0.2) is 9.97 Å². The van der Waals surface area contributed by atoms with Crippen LogP contribution in [0.2, 0.25) is 0 Å². The van der Waals surface area contributed by atoms with E-state index in [1.54, 1.807) is 6.92 Å². The van der Waals surface area contributed by atoms with E-state index < -0.39 is 28.3 Å². The van der Waals surface area contributed by atoms with Gasteiger partial charge in [0.1, 0.15) is 4.90 Å². The molecule has 1 heterocycles. The van der Waals surface area contributed by atoms with Gasteiger partial charge < -0.3 is 5.73 Å². The first kappa shape index (κ1) is 17.2. The Kier molecular flexibility index (Phi) is 4.84. The number of nitrogens with one attached hydrogen (secondary N) is 1. The molecule has 0 aliphatic heterocycles. The number of hydrogen-bond acceptors (Lipinski definition) is 4. The number of halogens is 5. The summed E-state index contributed by atoms with van der Waals surface area (Å²) in [6.07, 6.45) is -2.94. The number of nitrogen functional groups attached to an aromatic ring is 1. The molecule has 1 aliphatic rings. The minimum absolute atomic E-state index is 0.168. The van der Waals surface area contributed by atoms with Crippen molar-refractivity contribution in [3.63, 3.8) is 0 Å². The number of rotatable bonds is 2. The van der Waals surface area contributed by atoms with Crippen molar-refractivity contribution in [3.05, 3.63) is 37.1 Å². The van der Waals surface area contributed by atoms with Crippen molar-refractivity contribution in [1.29, 1.82) is 0 Å². The summed E-state index contributed by atoms with van der Waals surface area (Å²) in [5.74, 6) is -0.758. The summed E-state index contributed by atoms with van der Waals surface area (Å²) in [5, 5.41) is 0.676. The number of anilines is 1. The zero-order valence-electron chi connectivity index (χ0n) is 11.1. The van der Waals surface area contributed by atoms with Crippen LogP contribution < -0.4 is 11.3 Å². The van der Waals surface area contributed by atoms with Gasteiger partial charge in [0.2, 0.25) is 5.95 Å². The lowest BCUT2D eigenvalue weighted by Gasteiger charge is -2.21. The molecule has 0 saturated heterocycles. The molecule has 0 spiro atoms. The quantitative estimate of drug-likeness (QED) is 0.821. The maximum atomic E-state index is 13.0. The molecule has 3 N–H and O–H groups in total. The molecular formula is C12H10Cl2F3N3OS. The van der Waals surface area contributed by atoms with E-state index in [0.717, 1.165) is 0 Å². The number of aromatic amines is 1. The number of aromatic nitrogens is 2. The highest BCUT2D eigenvalue weighted by Gasteiger charge is 2.38. The third-order valence-corrected chi connectivity index (χ3v) is 5.01. The predicted octanol–water partition coefficient (Wildman–Crippen LogP) is 4.08. The van der Waals surface area contributed by atoms with Crippen molar-refractivity contribution < 1.29 is 13.2 Å². The molecule has 1 aliphatic carbocycles. The summed E-state index contributed by atoms with van der Waals surface area (Å²) in [5.41, 5.74) is 2.92. The Morgan fingerprint density at radius 3 is 2.68 bits per heavy atom. The van der Waals surface area contributed by atoms with Crippen molar-refractivity contribution in [2.24, 2.45) is 5.92 Å². The van der Waals surface area contributed by atoms with Crippen molar-refractivity contribution in [3.8, 4) is 0 Å². The van der Waals surface area contributed by atoms with Gasteiger partial charge in [-0.25, -0.2) is 4.98 Å². The van der Waals surface area contributed by atoms with Crippen molar-refractivity contribution in [2.45, 2.75) is 24.4 Å². The second-order valence-corrected chi connectivity index (χ2v) is 6.58. The molecular weight excluding hydrogens is 362 g/mol. The predicted molar refractivity (Wildman–Crippen MR) is 80.7 cm³/mol. The van der Waals surface area contributed by atoms with Crippen LogP contribution >= 0.6 is 35.0 Å². The molecule has 0 fully saturated rings. The Hall–Kier alpha value is -1.12. The Balaban J connectivity index is 2.51. The Bertz CT molecular complexity index is 727. The van der Waals surface area contributed by atoms with E-state index in [2.05, 4.69) is 9.97 Å². The smallest absolute Gasteiger partial charge is 0.369 e. The average molecular weight is 372 g/mol. The van der Waals surface area contributed by atoms with E-state index in [-0.39, 0.29) is 11.0 Å². The Morgan fingerprint density at radius 1 is 1.45 bits per heavy atom. The third-order valence-electron chi connectivity index (χ3n) is 2.88. The summed E-state index contributed by atoms with van der Waals surface area (Å²) < 4.78 is 39.1. The fraction of sp³-hybridized carbons (Fsp3) is 0.333. The highest BCUT2D eigenvalue weighted by atomic mass is 35.5. The number of allylic oxidation sites excluding steroid dienone is 4. The molecule has 4 nitrogen and oxygen atoms in total. The third kappa shape index (κ3) is 3.61. The second-order valence-electron chi connectivity index (χ2n) is 4.63. The first-order valence-electron chi connectivity index (χ1n) is 6.00. The van der Waals surface area contributed by atoms with Crippen LogP contribution in [-0.2, 0) is 6.18 Å². The highest BCUT2D eigenvalue weighted by molar-refractivity contribution is 8.03. The van der Waals surface area contributed by atoms with E-state index in [9.17, 15) is 18.0 Å². The van der Waals surface area contributed by atoms with Crippen LogP contribution in [0.3, 0.4) is 0 Å². The largest absolute Gasteiger partial charge is 0.434 e. The number of alkyl halides is 3. The molecule has 0 saturated carbocycles. The van der Waals surface area contributed by atoms with Crippen LogP contribution in [0.25, 0.3) is 0 Å². The first-order valence-corrected chi connectivity index (χ1v) is 7.57. The second kappa shape index (κ2) is 6.17. The SMILES string of the molecule is CC1CC(Cl)=C(Cl)C=C1Sc1c(C(F)(F)F)nc(N)[nH]c1=O. The monoisotopic (exact) mass is 371 g/mol. The van der Waals surface area contributed by atoms with E-state index in [0.29, 0.717) is 28.1 Å². The van der Waals surface area contributed by atoms with E-state index in [4.69, 9.17) is 28.9 Å². The number of thioether (sulfide) groups is 1. The molecule has 1 unspecified atom stereocenters. The summed E-state index contributed by atoms with van der Waals surface area (Å²) in [7, 11) is 0. The molecule has 1 atom stereocenters. The van der Waals surface area contributed by atoms with Crippen LogP contribution in [0, 0.1) is 5.92 Å². The van der Waals surface area contributed by atoms with Crippen molar-refractivity contribution >= 4 is 40.9 Å². The zero-order valence-corrected chi connectivity index (χ0v) is 13.4. The maximum absolute atomic E-state index is 13.0. The lowest BCUT2D eigenvalue weighted by atomic mass is 10.0. The fourth-order valence-electron chi connectivity index (χ4n) is 1.83. The van der Waals surface area contributed by atoms with Crippen LogP contribution in [0.15, 0.2) is 30.7 Å². The maximum Gasteiger partial charge on any atom is 0.434 e. The molecule has 2 rings (SSSR count). The van der Waals surface area contributed by atoms with Gasteiger partial charge in [0.15, 0.2) is 5.69 Å². The average Bonchev–Trinajstić information content (AvgIpc) is 2.37. The van der Waals surface area contributed by atoms with E-state index in [1.165, 1.54) is 6.08 Å².